The second-order valence-corrected chi connectivity index (χ2v) is 16.7. The number of benzene rings is 3. The molecule has 0 aliphatic carbocycles. The molecule has 41 heavy (non-hydrogen) atoms. The molecule has 0 atom stereocenters. The van der Waals surface area contributed by atoms with Crippen molar-refractivity contribution < 1.29 is 34.7 Å². The zero-order valence-corrected chi connectivity index (χ0v) is 28.7. The third kappa shape index (κ3) is 6.99. The molecule has 1 aliphatic heterocycles. The van der Waals surface area contributed by atoms with Crippen molar-refractivity contribution in [3.8, 4) is 22.8 Å². The molecule has 0 spiro atoms. The SMILES string of the molecule is CCC(CC)C(=O)/C=C(\O)C(CC)CC.C[Si](C)(C)c1ccc2cnc3c(c2c1)Oc1cccc2cc[c-]c-3c12.[Ir]. The molecular weight excluding hydrogens is 703 g/mol. The van der Waals surface area contributed by atoms with Gasteiger partial charge in [-0.3, -0.25) is 4.79 Å². The number of allylic oxidation sites excluding steroid dienone is 2. The summed E-state index contributed by atoms with van der Waals surface area (Å²) in [6.45, 7) is 15.2. The van der Waals surface area contributed by atoms with Gasteiger partial charge < -0.3 is 14.8 Å². The van der Waals surface area contributed by atoms with Crippen LogP contribution in [0.1, 0.15) is 53.4 Å². The van der Waals surface area contributed by atoms with Gasteiger partial charge in [0.2, 0.25) is 0 Å². The number of nitrogens with zero attached hydrogens (tertiary/aromatic N) is 1. The number of aromatic nitrogens is 1. The first-order valence-corrected chi connectivity index (χ1v) is 18.1. The smallest absolute Gasteiger partial charge is 0.162 e. The van der Waals surface area contributed by atoms with Crippen LogP contribution in [0.2, 0.25) is 19.6 Å². The summed E-state index contributed by atoms with van der Waals surface area (Å²) in [6, 6.07) is 20.3. The van der Waals surface area contributed by atoms with Crippen LogP contribution in [0.25, 0.3) is 32.8 Å². The Labute approximate surface area is 259 Å². The Morgan fingerprint density at radius 1 is 0.976 bits per heavy atom. The van der Waals surface area contributed by atoms with E-state index in [9.17, 15) is 9.90 Å². The maximum absolute atomic E-state index is 11.7. The quantitative estimate of drug-likeness (QED) is 0.0745. The van der Waals surface area contributed by atoms with Crippen LogP contribution in [0.4, 0.5) is 0 Å². The number of aliphatic hydroxyl groups is 1. The minimum Gasteiger partial charge on any atom is -0.512 e. The molecule has 1 aromatic heterocycles. The summed E-state index contributed by atoms with van der Waals surface area (Å²) in [5.41, 5.74) is 1.93. The maximum atomic E-state index is 11.7. The average molecular weight is 745 g/mol. The number of ether oxygens (including phenoxy) is 1. The van der Waals surface area contributed by atoms with Crippen molar-refractivity contribution >= 4 is 40.6 Å². The van der Waals surface area contributed by atoms with E-state index in [1.165, 1.54) is 11.3 Å². The van der Waals surface area contributed by atoms with Crippen molar-refractivity contribution in [2.45, 2.75) is 73.0 Å². The van der Waals surface area contributed by atoms with Gasteiger partial charge >= 0.3 is 0 Å². The Morgan fingerprint density at radius 2 is 1.66 bits per heavy atom. The number of rotatable bonds is 8. The topological polar surface area (TPSA) is 59.4 Å². The Hall–Kier alpha value is -2.79. The first kappa shape index (κ1) is 32.7. The molecule has 6 heteroatoms. The molecule has 0 bridgehead atoms. The van der Waals surface area contributed by atoms with Crippen molar-refractivity contribution in [1.82, 2.24) is 4.98 Å². The Balaban J connectivity index is 0.000000253. The van der Waals surface area contributed by atoms with Gasteiger partial charge in [0.25, 0.3) is 0 Å². The van der Waals surface area contributed by atoms with Gasteiger partial charge in [0.15, 0.2) is 5.78 Å². The van der Waals surface area contributed by atoms with E-state index >= 15 is 0 Å². The predicted molar refractivity (Wildman–Crippen MR) is 170 cm³/mol. The van der Waals surface area contributed by atoms with Crippen LogP contribution < -0.4 is 9.92 Å². The van der Waals surface area contributed by atoms with Gasteiger partial charge in [-0.05, 0) is 31.7 Å². The van der Waals surface area contributed by atoms with E-state index in [1.807, 2.05) is 52.1 Å². The van der Waals surface area contributed by atoms with Crippen LogP contribution in [0.3, 0.4) is 0 Å². The Bertz CT molecular complexity index is 1540. The molecule has 0 amide bonds. The van der Waals surface area contributed by atoms with Crippen LogP contribution in [-0.2, 0) is 24.9 Å². The van der Waals surface area contributed by atoms with Crippen LogP contribution in [-0.4, -0.2) is 23.9 Å². The standard InChI is InChI=1S/C22H18NOSi.C13H24O2.Ir/c1-25(2,3)16-11-10-15-13-23-21-17-8-4-6-14-7-5-9-19(20(14)17)24-22(21)18(15)12-16;1-5-10(6-2)12(14)9-13(15)11(7-3)8-4;/h4-7,9-13H,1-3H3;9-11,14H,5-8H2,1-4H3;/q-1;;/b;12-9-;. The van der Waals surface area contributed by atoms with E-state index in [4.69, 9.17) is 9.72 Å². The van der Waals surface area contributed by atoms with E-state index in [-0.39, 0.29) is 43.5 Å². The Morgan fingerprint density at radius 3 is 2.29 bits per heavy atom. The van der Waals surface area contributed by atoms with E-state index in [2.05, 4.69) is 56.0 Å². The number of ketones is 1. The number of fused-ring (bicyclic) bond motifs is 4. The van der Waals surface area contributed by atoms with Gasteiger partial charge in [-0.15, -0.1) is 23.8 Å². The third-order valence-electron chi connectivity index (χ3n) is 8.04. The normalized spacial score (nSPS) is 12.5. The molecule has 4 aromatic rings. The molecule has 1 aliphatic rings. The number of hydrogen-bond acceptors (Lipinski definition) is 4. The molecule has 2 heterocycles. The monoisotopic (exact) mass is 745 g/mol. The summed E-state index contributed by atoms with van der Waals surface area (Å²) in [6.07, 6.45) is 6.86. The number of carbonyl (C=O) groups is 1. The van der Waals surface area contributed by atoms with Gasteiger partial charge in [-0.2, -0.15) is 0 Å². The molecule has 0 saturated carbocycles. The molecule has 3 aromatic carbocycles. The van der Waals surface area contributed by atoms with Gasteiger partial charge in [0, 0.05) is 60.7 Å². The number of carbonyl (C=O) groups excluding carboxylic acids is 1. The molecule has 0 unspecified atom stereocenters. The number of hydrogen-bond donors (Lipinski definition) is 1. The predicted octanol–water partition coefficient (Wildman–Crippen LogP) is 9.37. The first-order chi connectivity index (χ1) is 19.1. The minimum atomic E-state index is -1.40. The fourth-order valence-corrected chi connectivity index (χ4v) is 6.50. The number of aliphatic hydroxyl groups excluding tert-OH is 1. The summed E-state index contributed by atoms with van der Waals surface area (Å²) < 4.78 is 6.36. The molecule has 0 saturated heterocycles. The van der Waals surface area contributed by atoms with Crippen LogP contribution in [0.5, 0.6) is 11.5 Å². The zero-order chi connectivity index (χ0) is 29.0. The molecule has 1 N–H and O–H groups in total. The van der Waals surface area contributed by atoms with Crippen molar-refractivity contribution in [3.05, 3.63) is 72.6 Å². The van der Waals surface area contributed by atoms with Gasteiger partial charge in [-0.25, -0.2) is 0 Å². The third-order valence-corrected chi connectivity index (χ3v) is 10.1. The van der Waals surface area contributed by atoms with E-state index in [0.29, 0.717) is 0 Å². The van der Waals surface area contributed by atoms with Crippen molar-refractivity contribution in [2.75, 3.05) is 0 Å². The van der Waals surface area contributed by atoms with Crippen molar-refractivity contribution in [1.29, 1.82) is 0 Å². The van der Waals surface area contributed by atoms with Gasteiger partial charge in [0.1, 0.15) is 5.75 Å². The molecule has 0 fully saturated rings. The molecular formula is C35H42IrNO3Si-. The van der Waals surface area contributed by atoms with E-state index in [1.54, 1.807) is 0 Å². The van der Waals surface area contributed by atoms with Crippen molar-refractivity contribution in [2.24, 2.45) is 11.8 Å². The minimum absolute atomic E-state index is 0. The van der Waals surface area contributed by atoms with E-state index < -0.39 is 8.07 Å². The molecule has 219 valence electrons. The summed E-state index contributed by atoms with van der Waals surface area (Å²) >= 11 is 0. The van der Waals surface area contributed by atoms with Crippen LogP contribution in [0.15, 0.2) is 66.6 Å². The summed E-state index contributed by atoms with van der Waals surface area (Å²) in [7, 11) is -1.40. The molecule has 4 nitrogen and oxygen atoms in total. The van der Waals surface area contributed by atoms with Crippen molar-refractivity contribution in [3.63, 3.8) is 0 Å². The van der Waals surface area contributed by atoms with Crippen LogP contribution in [0, 0.1) is 17.9 Å². The summed E-state index contributed by atoms with van der Waals surface area (Å²) in [4.78, 5) is 16.4. The largest absolute Gasteiger partial charge is 0.512 e. The second-order valence-electron chi connectivity index (χ2n) is 11.7. The number of pyridine rings is 1. The van der Waals surface area contributed by atoms with Gasteiger partial charge in [0.05, 0.1) is 19.6 Å². The second kappa shape index (κ2) is 13.9. The van der Waals surface area contributed by atoms with Gasteiger partial charge in [-0.1, -0.05) is 93.6 Å². The van der Waals surface area contributed by atoms with Crippen LogP contribution >= 0.6 is 0 Å². The summed E-state index contributed by atoms with van der Waals surface area (Å²) in [5.74, 6) is 2.30. The molecule has 1 radical (unpaired) electrons. The Kier molecular flexibility index (Phi) is 11.1. The maximum Gasteiger partial charge on any atom is 0.162 e. The first-order valence-electron chi connectivity index (χ1n) is 14.6. The average Bonchev–Trinajstić information content (AvgIpc) is 2.94. The summed E-state index contributed by atoms with van der Waals surface area (Å²) in [5, 5.41) is 15.7. The zero-order valence-electron chi connectivity index (χ0n) is 25.3. The fraction of sp³-hybridized carbons (Fsp3) is 0.371. The molecule has 5 rings (SSSR count). The van der Waals surface area contributed by atoms with E-state index in [0.717, 1.165) is 70.0 Å². The fourth-order valence-electron chi connectivity index (χ4n) is 5.34.